The Morgan fingerprint density at radius 2 is 1.93 bits per heavy atom. The molecule has 1 amide bonds. The molecule has 1 aromatic carbocycles. The summed E-state index contributed by atoms with van der Waals surface area (Å²) < 4.78 is 6.15. The quantitative estimate of drug-likeness (QED) is 0.275. The van der Waals surface area contributed by atoms with Gasteiger partial charge in [-0.05, 0) is 30.2 Å². The molecule has 0 bridgehead atoms. The lowest BCUT2D eigenvalue weighted by Crippen LogP contribution is -2.30. The number of thiocarbonyl (C=S) groups is 1. The molecule has 5 nitrogen and oxygen atoms in total. The van der Waals surface area contributed by atoms with Crippen LogP contribution in [0.25, 0.3) is 6.08 Å². The number of carboxylic acids is 1. The van der Waals surface area contributed by atoms with Gasteiger partial charge in [-0.15, -0.1) is 0 Å². The molecule has 0 aromatic heterocycles. The van der Waals surface area contributed by atoms with Crippen molar-refractivity contribution in [3.8, 4) is 5.75 Å². The normalized spacial score (nSPS) is 15.6. The van der Waals surface area contributed by atoms with Crippen LogP contribution in [0.1, 0.15) is 51.0 Å². The van der Waals surface area contributed by atoms with Gasteiger partial charge >= 0.3 is 5.97 Å². The van der Waals surface area contributed by atoms with Gasteiger partial charge in [-0.2, -0.15) is 0 Å². The van der Waals surface area contributed by atoms with E-state index in [0.717, 1.165) is 24.3 Å². The average Bonchev–Trinajstić information content (AvgIpc) is 2.97. The standard InChI is InChI=1S/C22H27NO4S2/c1-2-3-4-5-6-16-27-18-12-10-17(11-13-18)8-7-9-19-21(26)23(22(28)29-19)15-14-20(24)25/h7-13H,2-6,14-16H2,1H3,(H,24,25). The Morgan fingerprint density at radius 3 is 2.62 bits per heavy atom. The first-order valence-electron chi connectivity index (χ1n) is 9.88. The molecule has 1 heterocycles. The first-order chi connectivity index (χ1) is 14.0. The second-order valence-electron chi connectivity index (χ2n) is 6.69. The van der Waals surface area contributed by atoms with E-state index in [4.69, 9.17) is 22.1 Å². The Labute approximate surface area is 181 Å². The third-order valence-corrected chi connectivity index (χ3v) is 5.75. The van der Waals surface area contributed by atoms with Crippen LogP contribution in [0.2, 0.25) is 0 Å². The molecule has 1 fully saturated rings. The number of carbonyl (C=O) groups is 2. The highest BCUT2D eigenvalue weighted by Crippen LogP contribution is 2.31. The van der Waals surface area contributed by atoms with E-state index in [2.05, 4.69) is 6.92 Å². The van der Waals surface area contributed by atoms with Crippen LogP contribution in [0, 0.1) is 0 Å². The van der Waals surface area contributed by atoms with Gasteiger partial charge in [-0.1, -0.05) is 80.9 Å². The number of unbranched alkanes of at least 4 members (excludes halogenated alkanes) is 4. The molecule has 1 aromatic rings. The summed E-state index contributed by atoms with van der Waals surface area (Å²) in [7, 11) is 0. The van der Waals surface area contributed by atoms with Crippen LogP contribution < -0.4 is 4.74 Å². The van der Waals surface area contributed by atoms with Gasteiger partial charge in [0.15, 0.2) is 0 Å². The summed E-state index contributed by atoms with van der Waals surface area (Å²) in [5.74, 6) is -0.336. The average molecular weight is 434 g/mol. The SMILES string of the molecule is CCCCCCCOc1ccc(C=CC=C2SC(=S)N(CCC(=O)O)C2=O)cc1. The van der Waals surface area contributed by atoms with Crippen LogP contribution in [-0.4, -0.2) is 39.4 Å². The van der Waals surface area contributed by atoms with E-state index in [1.165, 1.54) is 42.3 Å². The molecule has 1 N–H and O–H groups in total. The van der Waals surface area contributed by atoms with E-state index in [-0.39, 0.29) is 18.9 Å². The molecule has 0 unspecified atom stereocenters. The third-order valence-electron chi connectivity index (χ3n) is 4.36. The molecule has 156 valence electrons. The summed E-state index contributed by atoms with van der Waals surface area (Å²) in [5, 5.41) is 8.77. The lowest BCUT2D eigenvalue weighted by molar-refractivity contribution is -0.137. The summed E-state index contributed by atoms with van der Waals surface area (Å²) >= 11 is 6.36. The maximum atomic E-state index is 12.3. The number of allylic oxidation sites excluding steroid dienone is 2. The Balaban J connectivity index is 1.81. The van der Waals surface area contributed by atoms with E-state index in [1.54, 1.807) is 12.2 Å². The number of hydrogen-bond donors (Lipinski definition) is 1. The molecule has 0 radical (unpaired) electrons. The topological polar surface area (TPSA) is 66.8 Å². The number of nitrogens with zero attached hydrogens (tertiary/aromatic N) is 1. The van der Waals surface area contributed by atoms with Crippen molar-refractivity contribution in [3.63, 3.8) is 0 Å². The van der Waals surface area contributed by atoms with E-state index in [0.29, 0.717) is 9.23 Å². The summed E-state index contributed by atoms with van der Waals surface area (Å²) in [6.45, 7) is 3.04. The number of aliphatic carboxylic acids is 1. The minimum absolute atomic E-state index is 0.0983. The van der Waals surface area contributed by atoms with Crippen molar-refractivity contribution in [1.82, 2.24) is 4.90 Å². The van der Waals surface area contributed by atoms with Crippen molar-refractivity contribution in [3.05, 3.63) is 46.9 Å². The van der Waals surface area contributed by atoms with Gasteiger partial charge in [0.1, 0.15) is 10.1 Å². The summed E-state index contributed by atoms with van der Waals surface area (Å²) in [5.41, 5.74) is 0.998. The molecule has 1 saturated heterocycles. The maximum Gasteiger partial charge on any atom is 0.305 e. The van der Waals surface area contributed by atoms with E-state index < -0.39 is 5.97 Å². The van der Waals surface area contributed by atoms with E-state index in [9.17, 15) is 9.59 Å². The molecule has 2 rings (SSSR count). The van der Waals surface area contributed by atoms with Gasteiger partial charge in [0.2, 0.25) is 0 Å². The predicted molar refractivity (Wildman–Crippen MR) is 122 cm³/mol. The van der Waals surface area contributed by atoms with Crippen molar-refractivity contribution in [2.75, 3.05) is 13.2 Å². The third kappa shape index (κ3) is 8.03. The zero-order valence-corrected chi connectivity index (χ0v) is 18.3. The number of amides is 1. The first-order valence-corrected chi connectivity index (χ1v) is 11.1. The highest BCUT2D eigenvalue weighted by atomic mass is 32.2. The molecule has 1 aliphatic rings. The van der Waals surface area contributed by atoms with Crippen LogP contribution in [0.4, 0.5) is 0 Å². The number of benzene rings is 1. The lowest BCUT2D eigenvalue weighted by Gasteiger charge is -2.12. The maximum absolute atomic E-state index is 12.3. The molecular formula is C22H27NO4S2. The monoisotopic (exact) mass is 433 g/mol. The van der Waals surface area contributed by atoms with Crippen molar-refractivity contribution >= 4 is 46.3 Å². The van der Waals surface area contributed by atoms with E-state index in [1.807, 2.05) is 30.3 Å². The van der Waals surface area contributed by atoms with Gasteiger partial charge in [-0.3, -0.25) is 14.5 Å². The number of ether oxygens (including phenoxy) is 1. The summed E-state index contributed by atoms with van der Waals surface area (Å²) in [4.78, 5) is 24.8. The second kappa shape index (κ2) is 12.4. The van der Waals surface area contributed by atoms with Gasteiger partial charge in [0, 0.05) is 6.54 Å². The van der Waals surface area contributed by atoms with Gasteiger partial charge in [0.05, 0.1) is 17.9 Å². The van der Waals surface area contributed by atoms with Crippen molar-refractivity contribution in [2.45, 2.75) is 45.4 Å². The van der Waals surface area contributed by atoms with Crippen LogP contribution in [-0.2, 0) is 9.59 Å². The van der Waals surface area contributed by atoms with Gasteiger partial charge < -0.3 is 9.84 Å². The highest BCUT2D eigenvalue weighted by Gasteiger charge is 2.31. The fourth-order valence-corrected chi connectivity index (χ4v) is 3.99. The molecule has 0 atom stereocenters. The van der Waals surface area contributed by atoms with Crippen LogP contribution in [0.5, 0.6) is 5.75 Å². The minimum Gasteiger partial charge on any atom is -0.494 e. The molecule has 0 aliphatic carbocycles. The number of hydrogen-bond acceptors (Lipinski definition) is 5. The highest BCUT2D eigenvalue weighted by molar-refractivity contribution is 8.26. The molecule has 7 heteroatoms. The fraction of sp³-hybridized carbons (Fsp3) is 0.409. The Hall–Kier alpha value is -2.12. The van der Waals surface area contributed by atoms with Crippen molar-refractivity contribution < 1.29 is 19.4 Å². The molecular weight excluding hydrogens is 406 g/mol. The van der Waals surface area contributed by atoms with Crippen LogP contribution in [0.15, 0.2) is 41.3 Å². The smallest absolute Gasteiger partial charge is 0.305 e. The molecule has 29 heavy (non-hydrogen) atoms. The number of rotatable bonds is 12. The first kappa shape index (κ1) is 23.2. The van der Waals surface area contributed by atoms with Crippen LogP contribution in [0.3, 0.4) is 0 Å². The number of carboxylic acid groups (broad SMARTS) is 1. The Kier molecular flexibility index (Phi) is 9.94. The lowest BCUT2D eigenvalue weighted by atomic mass is 10.2. The summed E-state index contributed by atoms with van der Waals surface area (Å²) in [6, 6.07) is 7.82. The molecule has 1 aliphatic heterocycles. The predicted octanol–water partition coefficient (Wildman–Crippen LogP) is 5.27. The number of carbonyl (C=O) groups excluding carboxylic acids is 1. The zero-order chi connectivity index (χ0) is 21.1. The van der Waals surface area contributed by atoms with Crippen molar-refractivity contribution in [1.29, 1.82) is 0 Å². The number of thioether (sulfide) groups is 1. The molecule has 0 saturated carbocycles. The fourth-order valence-electron chi connectivity index (χ4n) is 2.73. The van der Waals surface area contributed by atoms with Crippen LogP contribution >= 0.6 is 24.0 Å². The zero-order valence-electron chi connectivity index (χ0n) is 16.6. The van der Waals surface area contributed by atoms with E-state index >= 15 is 0 Å². The Morgan fingerprint density at radius 1 is 1.21 bits per heavy atom. The van der Waals surface area contributed by atoms with Crippen molar-refractivity contribution in [2.24, 2.45) is 0 Å². The minimum atomic E-state index is -0.952. The largest absolute Gasteiger partial charge is 0.494 e. The summed E-state index contributed by atoms with van der Waals surface area (Å²) in [6.07, 6.45) is 11.4. The van der Waals surface area contributed by atoms with Gasteiger partial charge in [-0.25, -0.2) is 0 Å². The second-order valence-corrected chi connectivity index (χ2v) is 8.37. The Bertz CT molecular complexity index is 772. The van der Waals surface area contributed by atoms with Gasteiger partial charge in [0.25, 0.3) is 5.91 Å². The molecule has 0 spiro atoms.